The Morgan fingerprint density at radius 3 is 2.50 bits per heavy atom. The summed E-state index contributed by atoms with van der Waals surface area (Å²) >= 11 is 0. The molecular formula is C14H12FO. The number of ether oxygens (including phenoxy) is 1. The highest BCUT2D eigenvalue weighted by Gasteiger charge is 1.99. The van der Waals surface area contributed by atoms with Crippen LogP contribution < -0.4 is 4.74 Å². The molecule has 0 heterocycles. The van der Waals surface area contributed by atoms with Crippen LogP contribution in [0.2, 0.25) is 0 Å². The minimum Gasteiger partial charge on any atom is -0.489 e. The molecule has 1 radical (unpaired) electrons. The molecule has 0 aliphatic heterocycles. The van der Waals surface area contributed by atoms with E-state index >= 15 is 0 Å². The van der Waals surface area contributed by atoms with E-state index in [4.69, 9.17) is 4.74 Å². The SMILES string of the molecule is [CH2]c1cc(F)cc(OCc2ccccc2)c1. The molecule has 0 saturated carbocycles. The summed E-state index contributed by atoms with van der Waals surface area (Å²) in [6.45, 7) is 4.11. The fourth-order valence-electron chi connectivity index (χ4n) is 1.44. The maximum absolute atomic E-state index is 13.0. The summed E-state index contributed by atoms with van der Waals surface area (Å²) in [5.41, 5.74) is 1.67. The van der Waals surface area contributed by atoms with E-state index in [2.05, 4.69) is 6.92 Å². The minimum atomic E-state index is -0.324. The second-order valence-corrected chi connectivity index (χ2v) is 3.57. The zero-order valence-corrected chi connectivity index (χ0v) is 8.82. The molecule has 0 spiro atoms. The van der Waals surface area contributed by atoms with Crippen molar-refractivity contribution in [1.82, 2.24) is 0 Å². The van der Waals surface area contributed by atoms with Crippen molar-refractivity contribution in [3.05, 3.63) is 72.4 Å². The van der Waals surface area contributed by atoms with Crippen molar-refractivity contribution in [2.45, 2.75) is 6.61 Å². The van der Waals surface area contributed by atoms with E-state index in [1.807, 2.05) is 30.3 Å². The van der Waals surface area contributed by atoms with Crippen molar-refractivity contribution >= 4 is 0 Å². The van der Waals surface area contributed by atoms with Crippen LogP contribution in [0.25, 0.3) is 0 Å². The molecule has 0 bridgehead atoms. The predicted molar refractivity (Wildman–Crippen MR) is 61.6 cm³/mol. The normalized spacial score (nSPS) is 10.1. The third kappa shape index (κ3) is 2.83. The van der Waals surface area contributed by atoms with E-state index in [1.54, 1.807) is 6.07 Å². The molecule has 0 aliphatic rings. The van der Waals surface area contributed by atoms with Crippen molar-refractivity contribution in [2.24, 2.45) is 0 Å². The Balaban J connectivity index is 2.05. The van der Waals surface area contributed by atoms with E-state index < -0.39 is 0 Å². The van der Waals surface area contributed by atoms with Gasteiger partial charge in [0.25, 0.3) is 0 Å². The largest absolute Gasteiger partial charge is 0.489 e. The van der Waals surface area contributed by atoms with Gasteiger partial charge in [-0.15, -0.1) is 0 Å². The molecule has 2 aromatic carbocycles. The third-order valence-corrected chi connectivity index (χ3v) is 2.18. The van der Waals surface area contributed by atoms with Crippen LogP contribution in [0, 0.1) is 12.7 Å². The van der Waals surface area contributed by atoms with Crippen molar-refractivity contribution in [1.29, 1.82) is 0 Å². The monoisotopic (exact) mass is 215 g/mol. The first-order chi connectivity index (χ1) is 7.74. The lowest BCUT2D eigenvalue weighted by molar-refractivity contribution is 0.304. The molecule has 0 amide bonds. The summed E-state index contributed by atoms with van der Waals surface area (Å²) in [6.07, 6.45) is 0. The van der Waals surface area contributed by atoms with Gasteiger partial charge in [-0.1, -0.05) is 30.3 Å². The van der Waals surface area contributed by atoms with E-state index in [9.17, 15) is 4.39 Å². The van der Waals surface area contributed by atoms with Crippen LogP contribution in [0.15, 0.2) is 48.5 Å². The number of hydrogen-bond acceptors (Lipinski definition) is 1. The molecule has 16 heavy (non-hydrogen) atoms. The highest BCUT2D eigenvalue weighted by molar-refractivity contribution is 5.31. The van der Waals surface area contributed by atoms with Gasteiger partial charge in [-0.3, -0.25) is 0 Å². The molecule has 2 rings (SSSR count). The zero-order chi connectivity index (χ0) is 11.4. The van der Waals surface area contributed by atoms with Gasteiger partial charge < -0.3 is 4.74 Å². The summed E-state index contributed by atoms with van der Waals surface area (Å²) < 4.78 is 18.5. The molecule has 0 aliphatic carbocycles. The fourth-order valence-corrected chi connectivity index (χ4v) is 1.44. The van der Waals surface area contributed by atoms with Gasteiger partial charge in [0.2, 0.25) is 0 Å². The standard InChI is InChI=1S/C14H12FO/c1-11-7-13(15)9-14(8-11)16-10-12-5-3-2-4-6-12/h2-9H,1,10H2. The topological polar surface area (TPSA) is 9.23 Å². The smallest absolute Gasteiger partial charge is 0.127 e. The van der Waals surface area contributed by atoms with Gasteiger partial charge in [0.05, 0.1) is 0 Å². The average Bonchev–Trinajstić information content (AvgIpc) is 2.27. The first-order valence-electron chi connectivity index (χ1n) is 5.03. The predicted octanol–water partition coefficient (Wildman–Crippen LogP) is 3.59. The second kappa shape index (κ2) is 4.79. The zero-order valence-electron chi connectivity index (χ0n) is 8.82. The summed E-state index contributed by atoms with van der Waals surface area (Å²) in [7, 11) is 0. The first kappa shape index (κ1) is 10.7. The highest BCUT2D eigenvalue weighted by Crippen LogP contribution is 2.17. The van der Waals surface area contributed by atoms with Crippen LogP contribution in [0.3, 0.4) is 0 Å². The molecule has 0 atom stereocenters. The van der Waals surface area contributed by atoms with Gasteiger partial charge >= 0.3 is 0 Å². The maximum Gasteiger partial charge on any atom is 0.127 e. The third-order valence-electron chi connectivity index (χ3n) is 2.18. The molecule has 0 unspecified atom stereocenters. The lowest BCUT2D eigenvalue weighted by Crippen LogP contribution is -1.95. The lowest BCUT2D eigenvalue weighted by atomic mass is 10.2. The summed E-state index contributed by atoms with van der Waals surface area (Å²) in [5, 5.41) is 0. The Morgan fingerprint density at radius 2 is 1.81 bits per heavy atom. The van der Waals surface area contributed by atoms with Gasteiger partial charge in [-0.25, -0.2) is 4.39 Å². The Morgan fingerprint density at radius 1 is 1.06 bits per heavy atom. The molecule has 2 aromatic rings. The van der Waals surface area contributed by atoms with E-state index in [1.165, 1.54) is 12.1 Å². The molecule has 0 saturated heterocycles. The quantitative estimate of drug-likeness (QED) is 0.760. The lowest BCUT2D eigenvalue weighted by Gasteiger charge is -2.07. The Kier molecular flexibility index (Phi) is 3.20. The molecule has 81 valence electrons. The molecular weight excluding hydrogens is 203 g/mol. The minimum absolute atomic E-state index is 0.324. The van der Waals surface area contributed by atoms with Gasteiger partial charge in [0.15, 0.2) is 0 Å². The summed E-state index contributed by atoms with van der Waals surface area (Å²) in [4.78, 5) is 0. The maximum atomic E-state index is 13.0. The number of hydrogen-bond donors (Lipinski definition) is 0. The van der Waals surface area contributed by atoms with Crippen LogP contribution in [0.5, 0.6) is 5.75 Å². The van der Waals surface area contributed by atoms with Crippen LogP contribution in [0.4, 0.5) is 4.39 Å². The van der Waals surface area contributed by atoms with Crippen LogP contribution in [-0.2, 0) is 6.61 Å². The number of halogens is 1. The Labute approximate surface area is 94.5 Å². The van der Waals surface area contributed by atoms with Crippen molar-refractivity contribution in [3.8, 4) is 5.75 Å². The van der Waals surface area contributed by atoms with E-state index in [0.29, 0.717) is 17.9 Å². The van der Waals surface area contributed by atoms with Gasteiger partial charge in [0.1, 0.15) is 18.2 Å². The molecule has 1 nitrogen and oxygen atoms in total. The number of rotatable bonds is 3. The van der Waals surface area contributed by atoms with Crippen molar-refractivity contribution in [2.75, 3.05) is 0 Å². The van der Waals surface area contributed by atoms with Crippen LogP contribution in [-0.4, -0.2) is 0 Å². The molecule has 0 fully saturated rings. The highest BCUT2D eigenvalue weighted by atomic mass is 19.1. The number of benzene rings is 2. The van der Waals surface area contributed by atoms with E-state index in [0.717, 1.165) is 5.56 Å². The second-order valence-electron chi connectivity index (χ2n) is 3.57. The van der Waals surface area contributed by atoms with Gasteiger partial charge in [-0.2, -0.15) is 0 Å². The van der Waals surface area contributed by atoms with Crippen LogP contribution >= 0.6 is 0 Å². The molecule has 0 aromatic heterocycles. The summed E-state index contributed by atoms with van der Waals surface area (Å²) in [5.74, 6) is 0.185. The van der Waals surface area contributed by atoms with Gasteiger partial charge in [-0.05, 0) is 30.2 Å². The van der Waals surface area contributed by atoms with Crippen LogP contribution in [0.1, 0.15) is 11.1 Å². The molecule has 0 N–H and O–H groups in total. The summed E-state index contributed by atoms with van der Waals surface area (Å²) in [6, 6.07) is 14.2. The molecule has 2 heteroatoms. The van der Waals surface area contributed by atoms with Crippen molar-refractivity contribution < 1.29 is 9.13 Å². The first-order valence-corrected chi connectivity index (χ1v) is 5.03. The van der Waals surface area contributed by atoms with Crippen molar-refractivity contribution in [3.63, 3.8) is 0 Å². The Hall–Kier alpha value is -1.83. The van der Waals surface area contributed by atoms with E-state index in [-0.39, 0.29) is 5.82 Å². The van der Waals surface area contributed by atoms with Gasteiger partial charge in [0, 0.05) is 6.07 Å². The average molecular weight is 215 g/mol. The Bertz CT molecular complexity index is 445. The fraction of sp³-hybridized carbons (Fsp3) is 0.0714.